The number of nitrogens with zero attached hydrogens (tertiary/aromatic N) is 2. The number of benzene rings is 3. The van der Waals surface area contributed by atoms with Gasteiger partial charge in [0.2, 0.25) is 0 Å². The van der Waals surface area contributed by atoms with E-state index in [-0.39, 0.29) is 11.2 Å². The molecular formula is C30H24FN3S. The lowest BCUT2D eigenvalue weighted by Gasteiger charge is -2.15. The quantitative estimate of drug-likeness (QED) is 0.200. The molecule has 1 aliphatic carbocycles. The van der Waals surface area contributed by atoms with Crippen molar-refractivity contribution in [3.05, 3.63) is 131 Å². The maximum atomic E-state index is 15.1. The van der Waals surface area contributed by atoms with Crippen LogP contribution in [0.4, 0.5) is 4.39 Å². The molecule has 0 saturated heterocycles. The van der Waals surface area contributed by atoms with Gasteiger partial charge in [0.05, 0.1) is 11.1 Å². The fourth-order valence-corrected chi connectivity index (χ4v) is 5.38. The highest BCUT2D eigenvalue weighted by Crippen LogP contribution is 2.45. The molecule has 0 fully saturated rings. The molecule has 1 N–H and O–H groups in total. The zero-order valence-corrected chi connectivity index (χ0v) is 19.9. The number of fused-ring (bicyclic) bond motifs is 1. The summed E-state index contributed by atoms with van der Waals surface area (Å²) in [5.41, 5.74) is 5.48. The van der Waals surface area contributed by atoms with E-state index < -0.39 is 0 Å². The summed E-state index contributed by atoms with van der Waals surface area (Å²) in [5, 5.41) is 4.08. The van der Waals surface area contributed by atoms with Gasteiger partial charge >= 0.3 is 0 Å². The third-order valence-corrected chi connectivity index (χ3v) is 7.46. The van der Waals surface area contributed by atoms with Crippen LogP contribution in [0.1, 0.15) is 22.4 Å². The first kappa shape index (κ1) is 21.8. The minimum atomic E-state index is -0.241. The summed E-state index contributed by atoms with van der Waals surface area (Å²) in [5.74, 6) is -0.241. The predicted octanol–water partition coefficient (Wildman–Crippen LogP) is 6.69. The molecule has 1 aliphatic rings. The molecule has 0 unspecified atom stereocenters. The Morgan fingerprint density at radius 3 is 2.31 bits per heavy atom. The molecule has 35 heavy (non-hydrogen) atoms. The molecule has 2 aromatic heterocycles. The van der Waals surface area contributed by atoms with Gasteiger partial charge < -0.3 is 5.32 Å². The van der Waals surface area contributed by atoms with Gasteiger partial charge in [0, 0.05) is 12.1 Å². The molecule has 0 saturated carbocycles. The van der Waals surface area contributed by atoms with E-state index >= 15 is 4.39 Å². The molecule has 5 aromatic rings. The monoisotopic (exact) mass is 477 g/mol. The molecule has 172 valence electrons. The number of halogens is 1. The minimum Gasteiger partial charge on any atom is -0.312 e. The van der Waals surface area contributed by atoms with Crippen LogP contribution in [-0.4, -0.2) is 16.5 Å². The highest BCUT2D eigenvalue weighted by atomic mass is 32.1. The number of hydrogen-bond acceptors (Lipinski definition) is 4. The standard InChI is InChI=1S/C30H24FN3S/c31-25-19-21(15-18-32-20-22-7-3-1-4-8-22)11-12-24(25)28-33-26-13-14-27(34-29(26)35-28)30(16-17-30)23-9-5-2-6-10-23/h1-14,16-17,19,32H,15,18,20H2. The summed E-state index contributed by atoms with van der Waals surface area (Å²) in [7, 11) is 0. The lowest BCUT2D eigenvalue weighted by molar-refractivity contribution is 0.626. The molecule has 6 rings (SSSR count). The fourth-order valence-electron chi connectivity index (χ4n) is 4.42. The first-order valence-electron chi connectivity index (χ1n) is 11.8. The maximum absolute atomic E-state index is 15.1. The van der Waals surface area contributed by atoms with Crippen LogP contribution < -0.4 is 5.32 Å². The van der Waals surface area contributed by atoms with E-state index in [2.05, 4.69) is 46.7 Å². The molecule has 0 spiro atoms. The van der Waals surface area contributed by atoms with Crippen molar-refractivity contribution in [1.29, 1.82) is 0 Å². The Labute approximate surface area is 208 Å². The van der Waals surface area contributed by atoms with Gasteiger partial charge in [-0.3, -0.25) is 0 Å². The van der Waals surface area contributed by atoms with E-state index in [1.165, 1.54) is 22.5 Å². The molecular weight excluding hydrogens is 453 g/mol. The molecule has 0 atom stereocenters. The molecule has 0 radical (unpaired) electrons. The third kappa shape index (κ3) is 4.41. The zero-order chi connectivity index (χ0) is 23.7. The van der Waals surface area contributed by atoms with E-state index in [9.17, 15) is 0 Å². The molecule has 0 amide bonds. The second-order valence-corrected chi connectivity index (χ2v) is 9.81. The number of aromatic nitrogens is 2. The second kappa shape index (κ2) is 9.17. The SMILES string of the molecule is Fc1cc(CCNCc2ccccc2)ccc1-c1nc2ccc(C3(c4ccccc4)C=C3)nc2s1. The Balaban J connectivity index is 1.17. The van der Waals surface area contributed by atoms with Crippen molar-refractivity contribution in [1.82, 2.24) is 15.3 Å². The van der Waals surface area contributed by atoms with Crippen LogP contribution in [0.25, 0.3) is 20.9 Å². The van der Waals surface area contributed by atoms with Crippen molar-refractivity contribution in [2.45, 2.75) is 18.4 Å². The van der Waals surface area contributed by atoms with Crippen molar-refractivity contribution < 1.29 is 4.39 Å². The van der Waals surface area contributed by atoms with E-state index in [1.54, 1.807) is 6.07 Å². The van der Waals surface area contributed by atoms with Crippen LogP contribution in [-0.2, 0) is 18.4 Å². The fraction of sp³-hybridized carbons (Fsp3) is 0.133. The Kier molecular flexibility index (Phi) is 5.72. The predicted molar refractivity (Wildman–Crippen MR) is 141 cm³/mol. The van der Waals surface area contributed by atoms with Crippen LogP contribution >= 0.6 is 11.3 Å². The first-order chi connectivity index (χ1) is 17.2. The van der Waals surface area contributed by atoms with Crippen LogP contribution in [0.2, 0.25) is 0 Å². The summed E-state index contributed by atoms with van der Waals surface area (Å²) >= 11 is 1.44. The smallest absolute Gasteiger partial charge is 0.144 e. The molecule has 0 bridgehead atoms. The average Bonchev–Trinajstić information content (AvgIpc) is 3.61. The molecule has 3 nitrogen and oxygen atoms in total. The maximum Gasteiger partial charge on any atom is 0.144 e. The lowest BCUT2D eigenvalue weighted by Crippen LogP contribution is -2.16. The Morgan fingerprint density at radius 2 is 1.57 bits per heavy atom. The van der Waals surface area contributed by atoms with Crippen molar-refractivity contribution in [3.63, 3.8) is 0 Å². The van der Waals surface area contributed by atoms with Gasteiger partial charge in [-0.2, -0.15) is 0 Å². The van der Waals surface area contributed by atoms with Gasteiger partial charge in [0.15, 0.2) is 0 Å². The zero-order valence-electron chi connectivity index (χ0n) is 19.1. The summed E-state index contributed by atoms with van der Waals surface area (Å²) in [4.78, 5) is 10.4. The van der Waals surface area contributed by atoms with Crippen LogP contribution in [0.15, 0.2) is 103 Å². The van der Waals surface area contributed by atoms with Gasteiger partial charge in [-0.15, -0.1) is 0 Å². The van der Waals surface area contributed by atoms with Crippen molar-refractivity contribution in [3.8, 4) is 10.6 Å². The molecule has 2 heterocycles. The topological polar surface area (TPSA) is 37.8 Å². The number of thiazole rings is 1. The van der Waals surface area contributed by atoms with Crippen molar-refractivity contribution >= 4 is 21.7 Å². The van der Waals surface area contributed by atoms with Gasteiger partial charge in [0.25, 0.3) is 0 Å². The van der Waals surface area contributed by atoms with E-state index in [0.717, 1.165) is 41.1 Å². The lowest BCUT2D eigenvalue weighted by atomic mass is 9.89. The average molecular weight is 478 g/mol. The van der Waals surface area contributed by atoms with Gasteiger partial charge in [-0.1, -0.05) is 90.2 Å². The highest BCUT2D eigenvalue weighted by molar-refractivity contribution is 7.21. The third-order valence-electron chi connectivity index (χ3n) is 6.46. The Hall–Kier alpha value is -3.67. The normalized spacial score (nSPS) is 13.9. The van der Waals surface area contributed by atoms with Crippen LogP contribution in [0.5, 0.6) is 0 Å². The van der Waals surface area contributed by atoms with E-state index in [4.69, 9.17) is 4.98 Å². The van der Waals surface area contributed by atoms with Crippen molar-refractivity contribution in [2.75, 3.05) is 6.54 Å². The summed E-state index contributed by atoms with van der Waals surface area (Å²) in [6.07, 6.45) is 5.11. The number of allylic oxidation sites excluding steroid dienone is 2. The summed E-state index contributed by atoms with van der Waals surface area (Å²) in [6, 6.07) is 30.1. The number of rotatable bonds is 8. The summed E-state index contributed by atoms with van der Waals surface area (Å²) < 4.78 is 15.1. The largest absolute Gasteiger partial charge is 0.312 e. The molecule has 5 heteroatoms. The van der Waals surface area contributed by atoms with Crippen molar-refractivity contribution in [2.24, 2.45) is 0 Å². The minimum absolute atomic E-state index is 0.235. The summed E-state index contributed by atoms with van der Waals surface area (Å²) in [6.45, 7) is 1.60. The molecule has 3 aromatic carbocycles. The second-order valence-electron chi connectivity index (χ2n) is 8.83. The van der Waals surface area contributed by atoms with Crippen LogP contribution in [0.3, 0.4) is 0 Å². The van der Waals surface area contributed by atoms with Gasteiger partial charge in [-0.25, -0.2) is 14.4 Å². The number of pyridine rings is 1. The molecule has 0 aliphatic heterocycles. The number of nitrogens with one attached hydrogen (secondary N) is 1. The number of hydrogen-bond donors (Lipinski definition) is 1. The van der Waals surface area contributed by atoms with Gasteiger partial charge in [-0.05, 0) is 53.9 Å². The van der Waals surface area contributed by atoms with Crippen LogP contribution in [0, 0.1) is 5.82 Å². The Bertz CT molecular complexity index is 1500. The van der Waals surface area contributed by atoms with Gasteiger partial charge in [0.1, 0.15) is 21.2 Å². The first-order valence-corrected chi connectivity index (χ1v) is 12.6. The highest BCUT2D eigenvalue weighted by Gasteiger charge is 2.39. The van der Waals surface area contributed by atoms with E-state index in [1.807, 2.05) is 60.7 Å². The van der Waals surface area contributed by atoms with E-state index in [0.29, 0.717) is 10.6 Å². The Morgan fingerprint density at radius 1 is 0.800 bits per heavy atom.